The molecule has 0 amide bonds. The van der Waals surface area contributed by atoms with Crippen molar-refractivity contribution in [2.24, 2.45) is 9.98 Å². The molecule has 0 aromatic heterocycles. The number of para-hydroxylation sites is 2. The smallest absolute Gasteiger partial charge is 0.124 e. The van der Waals surface area contributed by atoms with E-state index in [1.807, 2.05) is 115 Å². The fraction of sp³-hybridized carbons (Fsp3) is 0.0588. The van der Waals surface area contributed by atoms with E-state index < -0.39 is 0 Å². The zero-order valence-electron chi connectivity index (χ0n) is 20.9. The van der Waals surface area contributed by atoms with Crippen molar-refractivity contribution in [1.82, 2.24) is 0 Å². The molecule has 186 valence electrons. The van der Waals surface area contributed by atoms with Gasteiger partial charge in [-0.25, -0.2) is 0 Å². The molecule has 5 aromatic rings. The van der Waals surface area contributed by atoms with Crippen molar-refractivity contribution in [2.45, 2.75) is 6.04 Å². The molecule has 0 saturated carbocycles. The van der Waals surface area contributed by atoms with E-state index in [0.717, 1.165) is 16.7 Å². The van der Waals surface area contributed by atoms with Gasteiger partial charge in [0, 0.05) is 22.3 Å². The lowest BCUT2D eigenvalue weighted by Crippen LogP contribution is -2.12. The van der Waals surface area contributed by atoms with Crippen LogP contribution in [-0.2, 0) is 0 Å². The predicted molar refractivity (Wildman–Crippen MR) is 154 cm³/mol. The monoisotopic (exact) mass is 496 g/mol. The summed E-state index contributed by atoms with van der Waals surface area (Å²) in [4.78, 5) is 10.3. The van der Waals surface area contributed by atoms with Gasteiger partial charge in [-0.3, -0.25) is 9.98 Å². The topological polar surface area (TPSA) is 65.2 Å². The summed E-state index contributed by atoms with van der Waals surface area (Å²) in [6.07, 6.45) is 0. The van der Waals surface area contributed by atoms with E-state index in [2.05, 4.69) is 0 Å². The van der Waals surface area contributed by atoms with Gasteiger partial charge >= 0.3 is 0 Å². The molecule has 0 aliphatic rings. The summed E-state index contributed by atoms with van der Waals surface area (Å²) in [5, 5.41) is 21.4. The van der Waals surface area contributed by atoms with Gasteiger partial charge < -0.3 is 10.2 Å². The predicted octanol–water partition coefficient (Wildman–Crippen LogP) is 7.21. The quantitative estimate of drug-likeness (QED) is 0.223. The summed E-state index contributed by atoms with van der Waals surface area (Å²) in [5.41, 5.74) is 5.53. The molecule has 0 bridgehead atoms. The van der Waals surface area contributed by atoms with Crippen LogP contribution >= 0.6 is 0 Å². The highest BCUT2D eigenvalue weighted by Gasteiger charge is 2.18. The maximum absolute atomic E-state index is 10.7. The highest BCUT2D eigenvalue weighted by molar-refractivity contribution is 6.15. The Hall–Kier alpha value is -4.96. The minimum atomic E-state index is -0.337. The van der Waals surface area contributed by atoms with Crippen LogP contribution < -0.4 is 0 Å². The number of rotatable bonds is 8. The standard InChI is InChI=1S/C34H28N2O2/c37-31-22-12-10-20-28(31)33(26-16-6-2-7-17-26)35-24-30(25-14-4-1-5-15-25)36-34(27-18-8-3-9-19-27)29-21-11-13-23-32(29)38/h1-23,30,37-38H,24H2/t30-/m0/s1. The van der Waals surface area contributed by atoms with Crippen LogP contribution in [0.15, 0.2) is 150 Å². The summed E-state index contributed by atoms with van der Waals surface area (Å²) in [5.74, 6) is 0.346. The van der Waals surface area contributed by atoms with Crippen LogP contribution in [0.4, 0.5) is 0 Å². The number of hydrogen-bond acceptors (Lipinski definition) is 4. The molecular weight excluding hydrogens is 468 g/mol. The van der Waals surface area contributed by atoms with Crippen LogP contribution in [0.3, 0.4) is 0 Å². The molecule has 1 atom stereocenters. The van der Waals surface area contributed by atoms with Crippen LogP contribution in [0, 0.1) is 0 Å². The van der Waals surface area contributed by atoms with E-state index in [9.17, 15) is 10.2 Å². The Bertz CT molecular complexity index is 1550. The van der Waals surface area contributed by atoms with Gasteiger partial charge in [-0.1, -0.05) is 115 Å². The lowest BCUT2D eigenvalue weighted by atomic mass is 9.99. The Morgan fingerprint density at radius 1 is 0.500 bits per heavy atom. The van der Waals surface area contributed by atoms with E-state index in [0.29, 0.717) is 29.1 Å². The summed E-state index contributed by atoms with van der Waals surface area (Å²) in [7, 11) is 0. The molecule has 5 aromatic carbocycles. The number of nitrogens with zero attached hydrogens (tertiary/aromatic N) is 2. The SMILES string of the molecule is Oc1ccccc1C(=NC[C@H](N=C(c1ccccc1)c1ccccc1O)c1ccccc1)c1ccccc1. The number of aromatic hydroxyl groups is 2. The van der Waals surface area contributed by atoms with Gasteiger partial charge in [-0.15, -0.1) is 0 Å². The molecule has 4 nitrogen and oxygen atoms in total. The number of hydrogen-bond donors (Lipinski definition) is 2. The van der Waals surface area contributed by atoms with Crippen molar-refractivity contribution in [3.63, 3.8) is 0 Å². The van der Waals surface area contributed by atoms with Crippen molar-refractivity contribution >= 4 is 11.4 Å². The first-order valence-corrected chi connectivity index (χ1v) is 12.6. The minimum Gasteiger partial charge on any atom is -0.507 e. The van der Waals surface area contributed by atoms with Gasteiger partial charge in [-0.2, -0.15) is 0 Å². The molecule has 5 rings (SSSR count). The molecule has 0 spiro atoms. The number of benzene rings is 5. The molecule has 0 radical (unpaired) electrons. The molecule has 4 heteroatoms. The lowest BCUT2D eigenvalue weighted by molar-refractivity contribution is 0.473. The second-order valence-electron chi connectivity index (χ2n) is 8.86. The molecular formula is C34H28N2O2. The number of phenols is 2. The molecule has 0 heterocycles. The van der Waals surface area contributed by atoms with Crippen LogP contribution in [0.25, 0.3) is 0 Å². The van der Waals surface area contributed by atoms with Gasteiger partial charge in [0.25, 0.3) is 0 Å². The van der Waals surface area contributed by atoms with Crippen molar-refractivity contribution in [2.75, 3.05) is 6.54 Å². The van der Waals surface area contributed by atoms with E-state index >= 15 is 0 Å². The Morgan fingerprint density at radius 2 is 0.921 bits per heavy atom. The molecule has 38 heavy (non-hydrogen) atoms. The number of aliphatic imine (C=N–C) groups is 2. The molecule has 0 unspecified atom stereocenters. The molecule has 0 saturated heterocycles. The molecule has 2 N–H and O–H groups in total. The van der Waals surface area contributed by atoms with Crippen molar-refractivity contribution in [3.05, 3.63) is 167 Å². The summed E-state index contributed by atoms with van der Waals surface area (Å²) in [6, 6.07) is 43.9. The van der Waals surface area contributed by atoms with Gasteiger partial charge in [-0.05, 0) is 29.8 Å². The third-order valence-electron chi connectivity index (χ3n) is 6.30. The summed E-state index contributed by atoms with van der Waals surface area (Å²) >= 11 is 0. The Morgan fingerprint density at radius 3 is 1.45 bits per heavy atom. The lowest BCUT2D eigenvalue weighted by Gasteiger charge is -2.17. The van der Waals surface area contributed by atoms with Crippen molar-refractivity contribution in [3.8, 4) is 11.5 Å². The molecule has 0 fully saturated rings. The van der Waals surface area contributed by atoms with Crippen LogP contribution in [0.5, 0.6) is 11.5 Å². The van der Waals surface area contributed by atoms with Crippen LogP contribution in [0.1, 0.15) is 33.9 Å². The van der Waals surface area contributed by atoms with Crippen molar-refractivity contribution in [1.29, 1.82) is 0 Å². The number of phenolic OH excluding ortho intramolecular Hbond substituents is 2. The zero-order valence-corrected chi connectivity index (χ0v) is 20.9. The highest BCUT2D eigenvalue weighted by atomic mass is 16.3. The highest BCUT2D eigenvalue weighted by Crippen LogP contribution is 2.27. The first-order valence-electron chi connectivity index (χ1n) is 12.6. The Kier molecular flexibility index (Phi) is 7.71. The van der Waals surface area contributed by atoms with E-state index in [1.54, 1.807) is 24.3 Å². The second-order valence-corrected chi connectivity index (χ2v) is 8.86. The van der Waals surface area contributed by atoms with E-state index in [1.165, 1.54) is 0 Å². The van der Waals surface area contributed by atoms with Gasteiger partial charge in [0.1, 0.15) is 11.5 Å². The normalized spacial score (nSPS) is 12.7. The van der Waals surface area contributed by atoms with Crippen molar-refractivity contribution < 1.29 is 10.2 Å². The maximum atomic E-state index is 10.7. The first kappa shape index (κ1) is 24.7. The van der Waals surface area contributed by atoms with E-state index in [4.69, 9.17) is 9.98 Å². The van der Waals surface area contributed by atoms with Crippen LogP contribution in [-0.4, -0.2) is 28.2 Å². The maximum Gasteiger partial charge on any atom is 0.124 e. The first-order chi connectivity index (χ1) is 18.7. The fourth-order valence-electron chi connectivity index (χ4n) is 4.40. The van der Waals surface area contributed by atoms with Gasteiger partial charge in [0.15, 0.2) is 0 Å². The third-order valence-corrected chi connectivity index (χ3v) is 6.30. The zero-order chi connectivity index (χ0) is 26.2. The molecule has 0 aliphatic heterocycles. The third kappa shape index (κ3) is 5.71. The van der Waals surface area contributed by atoms with E-state index in [-0.39, 0.29) is 17.5 Å². The average molecular weight is 497 g/mol. The second kappa shape index (κ2) is 11.8. The fourth-order valence-corrected chi connectivity index (χ4v) is 4.40. The average Bonchev–Trinajstić information content (AvgIpc) is 2.98. The minimum absolute atomic E-state index is 0.171. The molecule has 0 aliphatic carbocycles. The Labute approximate surface area is 222 Å². The van der Waals surface area contributed by atoms with Gasteiger partial charge in [0.2, 0.25) is 0 Å². The largest absolute Gasteiger partial charge is 0.507 e. The summed E-state index contributed by atoms with van der Waals surface area (Å²) in [6.45, 7) is 0.340. The van der Waals surface area contributed by atoms with Crippen LogP contribution in [0.2, 0.25) is 0 Å². The Balaban J connectivity index is 1.65. The summed E-state index contributed by atoms with van der Waals surface area (Å²) < 4.78 is 0. The van der Waals surface area contributed by atoms with Gasteiger partial charge in [0.05, 0.1) is 24.0 Å².